The van der Waals surface area contributed by atoms with Crippen LogP contribution in [-0.2, 0) is 9.47 Å². The smallest absolute Gasteiger partial charge is 0.185 e. The molecule has 0 N–H and O–H groups in total. The van der Waals surface area contributed by atoms with E-state index in [-0.39, 0.29) is 6.29 Å². The van der Waals surface area contributed by atoms with Gasteiger partial charge in [0.05, 0.1) is 0 Å². The van der Waals surface area contributed by atoms with Crippen molar-refractivity contribution in [3.8, 4) is 0 Å². The molecular weight excluding hydrogens is 178 g/mol. The Bertz CT molecular complexity index is 270. The third-order valence-electron chi connectivity index (χ3n) is 1.97. The van der Waals surface area contributed by atoms with E-state index in [2.05, 4.69) is 4.98 Å². The number of aromatic nitrogens is 1. The van der Waals surface area contributed by atoms with Crippen LogP contribution in [0.4, 0.5) is 0 Å². The Morgan fingerprint density at radius 3 is 2.43 bits per heavy atom. The summed E-state index contributed by atoms with van der Waals surface area (Å²) in [6.07, 6.45) is 3.29. The summed E-state index contributed by atoms with van der Waals surface area (Å²) >= 11 is 0. The molecule has 78 valence electrons. The quantitative estimate of drug-likeness (QED) is 0.676. The second-order valence-electron chi connectivity index (χ2n) is 2.97. The first-order valence-electron chi connectivity index (χ1n) is 4.93. The first-order valence-corrected chi connectivity index (χ1v) is 4.93. The Morgan fingerprint density at radius 1 is 1.29 bits per heavy atom. The number of ether oxygens (including phenoxy) is 2. The number of hydrogen-bond acceptors (Lipinski definition) is 3. The molecule has 0 aliphatic heterocycles. The molecule has 0 atom stereocenters. The predicted molar refractivity (Wildman–Crippen MR) is 55.0 cm³/mol. The van der Waals surface area contributed by atoms with Crippen molar-refractivity contribution in [2.45, 2.75) is 27.1 Å². The molecule has 0 unspecified atom stereocenters. The van der Waals surface area contributed by atoms with Gasteiger partial charge in [0.1, 0.15) is 0 Å². The number of pyridine rings is 1. The third kappa shape index (κ3) is 2.79. The molecule has 0 bridgehead atoms. The zero-order valence-corrected chi connectivity index (χ0v) is 8.99. The molecule has 3 heteroatoms. The summed E-state index contributed by atoms with van der Waals surface area (Å²) in [5.74, 6) is 0. The molecule has 0 aromatic carbocycles. The van der Waals surface area contributed by atoms with Gasteiger partial charge in [-0.25, -0.2) is 0 Å². The van der Waals surface area contributed by atoms with E-state index in [1.165, 1.54) is 0 Å². The zero-order chi connectivity index (χ0) is 10.4. The van der Waals surface area contributed by atoms with Crippen molar-refractivity contribution in [2.75, 3.05) is 13.2 Å². The van der Waals surface area contributed by atoms with Gasteiger partial charge in [0.15, 0.2) is 6.29 Å². The Balaban J connectivity index is 2.81. The van der Waals surface area contributed by atoms with Gasteiger partial charge in [-0.3, -0.25) is 4.98 Å². The van der Waals surface area contributed by atoms with Crippen LogP contribution in [0.5, 0.6) is 0 Å². The highest BCUT2D eigenvalue weighted by Crippen LogP contribution is 2.20. The number of nitrogens with zero attached hydrogens (tertiary/aromatic N) is 1. The summed E-state index contributed by atoms with van der Waals surface area (Å²) in [6, 6.07) is 1.96. The van der Waals surface area contributed by atoms with Crippen molar-refractivity contribution in [3.05, 3.63) is 29.6 Å². The largest absolute Gasteiger partial charge is 0.349 e. The maximum Gasteiger partial charge on any atom is 0.185 e. The van der Waals surface area contributed by atoms with Gasteiger partial charge in [-0.2, -0.15) is 0 Å². The molecule has 0 saturated heterocycles. The van der Waals surface area contributed by atoms with Crippen LogP contribution in [-0.4, -0.2) is 18.2 Å². The normalized spacial score (nSPS) is 10.9. The van der Waals surface area contributed by atoms with Crippen LogP contribution in [0.1, 0.15) is 31.3 Å². The van der Waals surface area contributed by atoms with Crippen molar-refractivity contribution < 1.29 is 9.47 Å². The molecule has 3 nitrogen and oxygen atoms in total. The van der Waals surface area contributed by atoms with Gasteiger partial charge in [-0.15, -0.1) is 0 Å². The van der Waals surface area contributed by atoms with Gasteiger partial charge in [-0.1, -0.05) is 0 Å². The maximum atomic E-state index is 5.49. The number of rotatable bonds is 5. The number of hydrogen-bond donors (Lipinski definition) is 0. The monoisotopic (exact) mass is 195 g/mol. The molecule has 1 rings (SSSR count). The van der Waals surface area contributed by atoms with E-state index in [9.17, 15) is 0 Å². The Hall–Kier alpha value is -0.930. The number of aryl methyl sites for hydroxylation is 1. The first kappa shape index (κ1) is 11.1. The van der Waals surface area contributed by atoms with Gasteiger partial charge in [-0.05, 0) is 32.4 Å². The van der Waals surface area contributed by atoms with E-state index >= 15 is 0 Å². The molecule has 1 aromatic rings. The molecule has 0 aliphatic rings. The summed E-state index contributed by atoms with van der Waals surface area (Å²) in [5, 5.41) is 0. The van der Waals surface area contributed by atoms with Gasteiger partial charge in [0, 0.05) is 31.2 Å². The van der Waals surface area contributed by atoms with E-state index in [1.807, 2.05) is 26.8 Å². The lowest BCUT2D eigenvalue weighted by Crippen LogP contribution is -2.10. The van der Waals surface area contributed by atoms with E-state index in [0.29, 0.717) is 13.2 Å². The van der Waals surface area contributed by atoms with Crippen molar-refractivity contribution in [1.82, 2.24) is 4.98 Å². The molecule has 0 spiro atoms. The minimum Gasteiger partial charge on any atom is -0.349 e. The lowest BCUT2D eigenvalue weighted by atomic mass is 10.1. The van der Waals surface area contributed by atoms with Gasteiger partial charge < -0.3 is 9.47 Å². The Kier molecular flexibility index (Phi) is 4.56. The van der Waals surface area contributed by atoms with E-state index in [4.69, 9.17) is 9.47 Å². The van der Waals surface area contributed by atoms with Crippen molar-refractivity contribution in [3.63, 3.8) is 0 Å². The molecule has 1 heterocycles. The zero-order valence-electron chi connectivity index (χ0n) is 8.99. The van der Waals surface area contributed by atoms with Crippen molar-refractivity contribution in [1.29, 1.82) is 0 Å². The molecule has 0 fully saturated rings. The van der Waals surface area contributed by atoms with Crippen LogP contribution >= 0.6 is 0 Å². The summed E-state index contributed by atoms with van der Waals surface area (Å²) in [5.41, 5.74) is 2.16. The minimum atomic E-state index is -0.279. The fraction of sp³-hybridized carbons (Fsp3) is 0.545. The molecule has 0 amide bonds. The highest BCUT2D eigenvalue weighted by atomic mass is 16.7. The highest BCUT2D eigenvalue weighted by molar-refractivity contribution is 5.22. The Labute approximate surface area is 85.1 Å². The second-order valence-corrected chi connectivity index (χ2v) is 2.97. The summed E-state index contributed by atoms with van der Waals surface area (Å²) in [6.45, 7) is 7.22. The minimum absolute atomic E-state index is 0.279. The van der Waals surface area contributed by atoms with Crippen LogP contribution in [0.25, 0.3) is 0 Å². The van der Waals surface area contributed by atoms with Crippen molar-refractivity contribution >= 4 is 0 Å². The molecular formula is C11H17NO2. The molecule has 0 aliphatic carbocycles. The van der Waals surface area contributed by atoms with Gasteiger partial charge in [0.2, 0.25) is 0 Å². The average molecular weight is 195 g/mol. The topological polar surface area (TPSA) is 31.4 Å². The summed E-state index contributed by atoms with van der Waals surface area (Å²) < 4.78 is 11.0. The maximum absolute atomic E-state index is 5.49. The van der Waals surface area contributed by atoms with Crippen LogP contribution < -0.4 is 0 Å². The second kappa shape index (κ2) is 5.73. The highest BCUT2D eigenvalue weighted by Gasteiger charge is 2.13. The van der Waals surface area contributed by atoms with E-state index in [1.54, 1.807) is 12.4 Å². The first-order chi connectivity index (χ1) is 6.79. The lowest BCUT2D eigenvalue weighted by Gasteiger charge is -2.18. The Morgan fingerprint density at radius 2 is 1.93 bits per heavy atom. The molecule has 0 radical (unpaired) electrons. The van der Waals surface area contributed by atoms with Crippen LogP contribution in [0, 0.1) is 6.92 Å². The lowest BCUT2D eigenvalue weighted by molar-refractivity contribution is -0.140. The molecule has 14 heavy (non-hydrogen) atoms. The van der Waals surface area contributed by atoms with E-state index < -0.39 is 0 Å². The predicted octanol–water partition coefficient (Wildman–Crippen LogP) is 2.46. The summed E-state index contributed by atoms with van der Waals surface area (Å²) in [4.78, 5) is 4.07. The standard InChI is InChI=1S/C11H17NO2/c1-4-13-11(14-5-2)10-8-12-7-6-9(10)3/h6-8,11H,4-5H2,1-3H3. The molecule has 1 aromatic heterocycles. The SMILES string of the molecule is CCOC(OCC)c1cnccc1C. The van der Waals surface area contributed by atoms with Crippen LogP contribution in [0.3, 0.4) is 0 Å². The average Bonchev–Trinajstić information content (AvgIpc) is 2.18. The van der Waals surface area contributed by atoms with E-state index in [0.717, 1.165) is 11.1 Å². The van der Waals surface area contributed by atoms with Gasteiger partial charge in [0.25, 0.3) is 0 Å². The fourth-order valence-electron chi connectivity index (χ4n) is 1.25. The fourth-order valence-corrected chi connectivity index (χ4v) is 1.25. The van der Waals surface area contributed by atoms with Crippen LogP contribution in [0.2, 0.25) is 0 Å². The van der Waals surface area contributed by atoms with Gasteiger partial charge >= 0.3 is 0 Å². The summed E-state index contributed by atoms with van der Waals surface area (Å²) in [7, 11) is 0. The van der Waals surface area contributed by atoms with Crippen molar-refractivity contribution in [2.24, 2.45) is 0 Å². The third-order valence-corrected chi connectivity index (χ3v) is 1.97. The van der Waals surface area contributed by atoms with Crippen LogP contribution in [0.15, 0.2) is 18.5 Å². The molecule has 0 saturated carbocycles.